The molecule has 1 fully saturated rings. The highest BCUT2D eigenvalue weighted by molar-refractivity contribution is 8.00. The number of rotatable bonds is 1. The molecule has 0 aromatic heterocycles. The number of carboxylic acid groups (broad SMARTS) is 1. The Morgan fingerprint density at radius 3 is 3.00 bits per heavy atom. The molecule has 1 rings (SSSR count). The van der Waals surface area contributed by atoms with Gasteiger partial charge in [-0.25, -0.2) is 4.79 Å². The van der Waals surface area contributed by atoms with Gasteiger partial charge in [-0.1, -0.05) is 12.5 Å². The summed E-state index contributed by atoms with van der Waals surface area (Å²) in [6.07, 6.45) is 2.27. The number of carboxylic acids is 1. The molecule has 3 heteroatoms. The number of aliphatic carboxylic acids is 1. The van der Waals surface area contributed by atoms with Crippen LogP contribution in [0.25, 0.3) is 0 Å². The van der Waals surface area contributed by atoms with Gasteiger partial charge in [-0.3, -0.25) is 0 Å². The standard InChI is InChI=1S/C7H10O2S/c1-5-2-6(4-10-5)3-7(8)9/h3,5H,2,4H2,1H3,(H,8,9). The Bertz CT molecular complexity index is 174. The summed E-state index contributed by atoms with van der Waals surface area (Å²) in [5.74, 6) is 0.0812. The quantitative estimate of drug-likeness (QED) is 0.588. The molecule has 1 aliphatic heterocycles. The zero-order valence-corrected chi connectivity index (χ0v) is 6.65. The van der Waals surface area contributed by atoms with Crippen LogP contribution in [0, 0.1) is 0 Å². The zero-order chi connectivity index (χ0) is 7.56. The third-order valence-electron chi connectivity index (χ3n) is 1.43. The maximum absolute atomic E-state index is 10.2. The van der Waals surface area contributed by atoms with Crippen molar-refractivity contribution in [1.82, 2.24) is 0 Å². The first-order valence-corrected chi connectivity index (χ1v) is 4.27. The number of thioether (sulfide) groups is 1. The van der Waals surface area contributed by atoms with Gasteiger partial charge in [0.2, 0.25) is 0 Å². The summed E-state index contributed by atoms with van der Waals surface area (Å²) in [6, 6.07) is 0. The van der Waals surface area contributed by atoms with Crippen molar-refractivity contribution < 1.29 is 9.90 Å². The molecule has 1 saturated heterocycles. The van der Waals surface area contributed by atoms with Crippen LogP contribution in [0.3, 0.4) is 0 Å². The maximum atomic E-state index is 10.2. The highest BCUT2D eigenvalue weighted by Gasteiger charge is 2.15. The molecule has 0 amide bonds. The summed E-state index contributed by atoms with van der Waals surface area (Å²) in [5.41, 5.74) is 1.06. The molecule has 56 valence electrons. The molecule has 0 spiro atoms. The van der Waals surface area contributed by atoms with Crippen LogP contribution < -0.4 is 0 Å². The third-order valence-corrected chi connectivity index (χ3v) is 2.70. The van der Waals surface area contributed by atoms with Crippen molar-refractivity contribution in [1.29, 1.82) is 0 Å². The van der Waals surface area contributed by atoms with Crippen LogP contribution in [0.15, 0.2) is 11.6 Å². The van der Waals surface area contributed by atoms with E-state index in [-0.39, 0.29) is 0 Å². The second kappa shape index (κ2) is 3.10. The van der Waals surface area contributed by atoms with Gasteiger partial charge in [0.25, 0.3) is 0 Å². The monoisotopic (exact) mass is 158 g/mol. The van der Waals surface area contributed by atoms with Gasteiger partial charge in [-0.2, -0.15) is 11.8 Å². The zero-order valence-electron chi connectivity index (χ0n) is 5.83. The minimum atomic E-state index is -0.815. The van der Waals surface area contributed by atoms with Gasteiger partial charge in [0.1, 0.15) is 0 Å². The van der Waals surface area contributed by atoms with Crippen molar-refractivity contribution in [3.05, 3.63) is 11.6 Å². The summed E-state index contributed by atoms with van der Waals surface area (Å²) in [4.78, 5) is 10.2. The molecule has 0 radical (unpaired) electrons. The molecule has 0 aromatic rings. The van der Waals surface area contributed by atoms with Gasteiger partial charge in [-0.15, -0.1) is 0 Å². The summed E-state index contributed by atoms with van der Waals surface area (Å²) in [7, 11) is 0. The van der Waals surface area contributed by atoms with Crippen molar-refractivity contribution in [2.45, 2.75) is 18.6 Å². The molecular weight excluding hydrogens is 148 g/mol. The largest absolute Gasteiger partial charge is 0.478 e. The molecule has 1 unspecified atom stereocenters. The molecule has 1 heterocycles. The molecule has 1 N–H and O–H groups in total. The summed E-state index contributed by atoms with van der Waals surface area (Å²) >= 11 is 1.82. The Hall–Kier alpha value is -0.440. The maximum Gasteiger partial charge on any atom is 0.328 e. The Kier molecular flexibility index (Phi) is 2.38. The van der Waals surface area contributed by atoms with E-state index >= 15 is 0 Å². The topological polar surface area (TPSA) is 37.3 Å². The molecule has 10 heavy (non-hydrogen) atoms. The fourth-order valence-electron chi connectivity index (χ4n) is 1.01. The number of hydrogen-bond acceptors (Lipinski definition) is 2. The smallest absolute Gasteiger partial charge is 0.328 e. The van der Waals surface area contributed by atoms with Crippen molar-refractivity contribution >= 4 is 17.7 Å². The van der Waals surface area contributed by atoms with Crippen LogP contribution in [0.5, 0.6) is 0 Å². The van der Waals surface area contributed by atoms with E-state index in [9.17, 15) is 4.79 Å². The lowest BCUT2D eigenvalue weighted by Crippen LogP contribution is -1.92. The first kappa shape index (κ1) is 7.66. The lowest BCUT2D eigenvalue weighted by molar-refractivity contribution is -0.131. The molecule has 0 saturated carbocycles. The first-order chi connectivity index (χ1) is 4.68. The van der Waals surface area contributed by atoms with E-state index in [0.717, 1.165) is 17.7 Å². The average Bonchev–Trinajstić information content (AvgIpc) is 2.13. The lowest BCUT2D eigenvalue weighted by Gasteiger charge is -1.92. The molecule has 0 aromatic carbocycles. The van der Waals surface area contributed by atoms with E-state index in [1.807, 2.05) is 11.8 Å². The van der Waals surface area contributed by atoms with E-state index in [2.05, 4.69) is 6.92 Å². The van der Waals surface area contributed by atoms with Crippen LogP contribution in [0.2, 0.25) is 0 Å². The van der Waals surface area contributed by atoms with Crippen molar-refractivity contribution in [3.63, 3.8) is 0 Å². The van der Waals surface area contributed by atoms with Crippen molar-refractivity contribution in [2.24, 2.45) is 0 Å². The average molecular weight is 158 g/mol. The van der Waals surface area contributed by atoms with Gasteiger partial charge in [0, 0.05) is 17.1 Å². The summed E-state index contributed by atoms with van der Waals surface area (Å²) < 4.78 is 0. The second-order valence-corrected chi connectivity index (χ2v) is 3.89. The van der Waals surface area contributed by atoms with E-state index in [1.165, 1.54) is 6.08 Å². The van der Waals surface area contributed by atoms with Crippen LogP contribution >= 0.6 is 11.8 Å². The molecule has 0 aliphatic carbocycles. The molecule has 0 bridgehead atoms. The Morgan fingerprint density at radius 1 is 1.90 bits per heavy atom. The van der Waals surface area contributed by atoms with Crippen LogP contribution in [0.4, 0.5) is 0 Å². The molecule has 1 atom stereocenters. The predicted molar refractivity (Wildman–Crippen MR) is 42.3 cm³/mol. The highest BCUT2D eigenvalue weighted by atomic mass is 32.2. The Labute approximate surface area is 64.3 Å². The highest BCUT2D eigenvalue weighted by Crippen LogP contribution is 2.29. The van der Waals surface area contributed by atoms with E-state index in [0.29, 0.717) is 5.25 Å². The first-order valence-electron chi connectivity index (χ1n) is 3.22. The van der Waals surface area contributed by atoms with Gasteiger partial charge < -0.3 is 5.11 Å². The molecular formula is C7H10O2S. The van der Waals surface area contributed by atoms with Crippen molar-refractivity contribution in [2.75, 3.05) is 5.75 Å². The van der Waals surface area contributed by atoms with Gasteiger partial charge in [0.15, 0.2) is 0 Å². The molecule has 2 nitrogen and oxygen atoms in total. The third kappa shape index (κ3) is 2.06. The molecule has 1 aliphatic rings. The van der Waals surface area contributed by atoms with Gasteiger partial charge in [-0.05, 0) is 6.42 Å². The van der Waals surface area contributed by atoms with Crippen LogP contribution in [-0.2, 0) is 4.79 Å². The van der Waals surface area contributed by atoms with Crippen LogP contribution in [0.1, 0.15) is 13.3 Å². The minimum absolute atomic E-state index is 0.602. The number of hydrogen-bond donors (Lipinski definition) is 1. The SMILES string of the molecule is CC1CC(=CC(=O)O)CS1. The van der Waals surface area contributed by atoms with Gasteiger partial charge in [0.05, 0.1) is 0 Å². The van der Waals surface area contributed by atoms with E-state index in [1.54, 1.807) is 0 Å². The van der Waals surface area contributed by atoms with Crippen LogP contribution in [-0.4, -0.2) is 22.1 Å². The van der Waals surface area contributed by atoms with Crippen molar-refractivity contribution in [3.8, 4) is 0 Å². The van der Waals surface area contributed by atoms with Gasteiger partial charge >= 0.3 is 5.97 Å². The number of carbonyl (C=O) groups is 1. The Balaban J connectivity index is 2.51. The lowest BCUT2D eigenvalue weighted by atomic mass is 10.2. The summed E-state index contributed by atoms with van der Waals surface area (Å²) in [5, 5.41) is 8.98. The fraction of sp³-hybridized carbons (Fsp3) is 0.571. The predicted octanol–water partition coefficient (Wildman–Crippen LogP) is 1.52. The fourth-order valence-corrected chi connectivity index (χ4v) is 2.04. The van der Waals surface area contributed by atoms with E-state index < -0.39 is 5.97 Å². The van der Waals surface area contributed by atoms with E-state index in [4.69, 9.17) is 5.11 Å². The summed E-state index contributed by atoms with van der Waals surface area (Å²) in [6.45, 7) is 2.12. The second-order valence-electron chi connectivity index (χ2n) is 2.47. The minimum Gasteiger partial charge on any atom is -0.478 e. The normalized spacial score (nSPS) is 29.3. The Morgan fingerprint density at radius 2 is 2.60 bits per heavy atom.